The van der Waals surface area contributed by atoms with Crippen molar-refractivity contribution in [3.05, 3.63) is 45.0 Å². The van der Waals surface area contributed by atoms with E-state index in [1.54, 1.807) is 44.5 Å². The van der Waals surface area contributed by atoms with Gasteiger partial charge in [0.2, 0.25) is 0 Å². The summed E-state index contributed by atoms with van der Waals surface area (Å²) in [6, 6.07) is 0. The summed E-state index contributed by atoms with van der Waals surface area (Å²) in [6.07, 6.45) is 12.7. The Kier molecular flexibility index (Phi) is 4.38. The van der Waals surface area contributed by atoms with Crippen LogP contribution in [0.5, 0.6) is 0 Å². The zero-order valence-corrected chi connectivity index (χ0v) is 21.0. The SMILES string of the molecule is [Li][CH]1CC(C)(C)c2c3c(c4c(c2C1(C)C)CC1=C4CC(C)(C)CC1)CC(C)(C)C=C3. The summed E-state index contributed by atoms with van der Waals surface area (Å²) in [4.78, 5) is 0. The Labute approximate surface area is 194 Å². The normalized spacial score (nSPS) is 29.2. The molecule has 0 spiro atoms. The van der Waals surface area contributed by atoms with E-state index in [2.05, 4.69) is 85.3 Å². The molecule has 0 aliphatic heterocycles. The van der Waals surface area contributed by atoms with E-state index >= 15 is 0 Å². The van der Waals surface area contributed by atoms with E-state index in [0.717, 1.165) is 0 Å². The molecule has 1 aromatic carbocycles. The van der Waals surface area contributed by atoms with E-state index in [9.17, 15) is 0 Å². The molecule has 1 unspecified atom stereocenters. The van der Waals surface area contributed by atoms with Crippen LogP contribution in [0.2, 0.25) is 4.59 Å². The summed E-state index contributed by atoms with van der Waals surface area (Å²) in [7, 11) is 0. The molecule has 4 aliphatic rings. The maximum absolute atomic E-state index is 2.54. The average Bonchev–Trinajstić information content (AvgIpc) is 2.95. The third-order valence-corrected chi connectivity index (χ3v) is 9.33. The monoisotopic (exact) mass is 394 g/mol. The molecule has 1 atom stereocenters. The molecule has 0 radical (unpaired) electrons. The number of rotatable bonds is 0. The molecule has 0 saturated carbocycles. The molecule has 30 heavy (non-hydrogen) atoms. The van der Waals surface area contributed by atoms with Crippen LogP contribution in [0.25, 0.3) is 11.6 Å². The van der Waals surface area contributed by atoms with Crippen LogP contribution in [-0.4, -0.2) is 17.7 Å². The number of allylic oxidation sites excluding steroid dienone is 3. The van der Waals surface area contributed by atoms with E-state index in [1.165, 1.54) is 38.5 Å². The van der Waals surface area contributed by atoms with Gasteiger partial charge in [-0.25, -0.2) is 0 Å². The van der Waals surface area contributed by atoms with Crippen LogP contribution in [0.15, 0.2) is 11.6 Å². The molecule has 0 aromatic heterocycles. The van der Waals surface area contributed by atoms with Crippen molar-refractivity contribution in [2.24, 2.45) is 10.8 Å². The first-order valence-corrected chi connectivity index (χ1v) is 12.4. The average molecular weight is 395 g/mol. The minimum absolute atomic E-state index is 0.245. The Morgan fingerprint density at radius 1 is 0.900 bits per heavy atom. The molecule has 0 nitrogen and oxygen atoms in total. The van der Waals surface area contributed by atoms with E-state index in [1.807, 2.05) is 0 Å². The van der Waals surface area contributed by atoms with Crippen molar-refractivity contribution in [3.8, 4) is 0 Å². The van der Waals surface area contributed by atoms with Crippen LogP contribution in [0.1, 0.15) is 114 Å². The van der Waals surface area contributed by atoms with Crippen molar-refractivity contribution in [2.45, 2.75) is 109 Å². The molecule has 0 heterocycles. The van der Waals surface area contributed by atoms with Crippen LogP contribution in [0.3, 0.4) is 0 Å². The van der Waals surface area contributed by atoms with Crippen molar-refractivity contribution in [1.29, 1.82) is 0 Å². The van der Waals surface area contributed by atoms with Crippen LogP contribution in [0.4, 0.5) is 0 Å². The molecule has 1 heteroatoms. The number of hydrogen-bond donors (Lipinski definition) is 0. The zero-order chi connectivity index (χ0) is 21.9. The second-order valence-electron chi connectivity index (χ2n) is 13.8. The molecular weight excluding hydrogens is 355 g/mol. The van der Waals surface area contributed by atoms with Gasteiger partial charge in [0.05, 0.1) is 0 Å². The van der Waals surface area contributed by atoms with Gasteiger partial charge in [-0.05, 0) is 0 Å². The number of benzene rings is 1. The minimum atomic E-state index is 0.245. The number of fused-ring (bicyclic) bond motifs is 7. The van der Waals surface area contributed by atoms with Gasteiger partial charge in [-0.2, -0.15) is 0 Å². The third kappa shape index (κ3) is 2.93. The van der Waals surface area contributed by atoms with Crippen molar-refractivity contribution in [3.63, 3.8) is 0 Å². The topological polar surface area (TPSA) is 0 Å². The summed E-state index contributed by atoms with van der Waals surface area (Å²) in [6.45, 7) is 19.9. The van der Waals surface area contributed by atoms with Gasteiger partial charge in [0, 0.05) is 0 Å². The molecule has 0 fully saturated rings. The van der Waals surface area contributed by atoms with Crippen molar-refractivity contribution < 1.29 is 0 Å². The molecular formula is C29H39Li. The summed E-state index contributed by atoms with van der Waals surface area (Å²) >= 11 is 2.50. The van der Waals surface area contributed by atoms with E-state index in [-0.39, 0.29) is 16.2 Å². The fourth-order valence-electron chi connectivity index (χ4n) is 7.40. The quantitative estimate of drug-likeness (QED) is 0.395. The van der Waals surface area contributed by atoms with Crippen LogP contribution >= 0.6 is 0 Å². The Morgan fingerprint density at radius 3 is 2.30 bits per heavy atom. The fourth-order valence-corrected chi connectivity index (χ4v) is 7.40. The predicted molar refractivity (Wildman–Crippen MR) is 131 cm³/mol. The first kappa shape index (κ1) is 21.2. The van der Waals surface area contributed by atoms with Crippen LogP contribution in [-0.2, 0) is 23.7 Å². The fraction of sp³-hybridized carbons (Fsp3) is 0.655. The van der Waals surface area contributed by atoms with E-state index < -0.39 is 0 Å². The van der Waals surface area contributed by atoms with Crippen molar-refractivity contribution in [1.82, 2.24) is 0 Å². The van der Waals surface area contributed by atoms with Gasteiger partial charge in [0.25, 0.3) is 0 Å². The Hall–Kier alpha value is -0.703. The van der Waals surface area contributed by atoms with Gasteiger partial charge in [0.1, 0.15) is 0 Å². The second-order valence-corrected chi connectivity index (χ2v) is 13.8. The van der Waals surface area contributed by atoms with Crippen molar-refractivity contribution >= 4 is 29.4 Å². The third-order valence-electron chi connectivity index (χ3n) is 9.33. The summed E-state index contributed by atoms with van der Waals surface area (Å²) in [5.74, 6) is 0. The zero-order valence-electron chi connectivity index (χ0n) is 21.0. The van der Waals surface area contributed by atoms with Gasteiger partial charge in [-0.3, -0.25) is 0 Å². The molecule has 4 aliphatic carbocycles. The number of hydrogen-bond acceptors (Lipinski definition) is 0. The summed E-state index contributed by atoms with van der Waals surface area (Å²) < 4.78 is 0.709. The van der Waals surface area contributed by atoms with Gasteiger partial charge in [-0.1, -0.05) is 0 Å². The summed E-state index contributed by atoms with van der Waals surface area (Å²) in [5.41, 5.74) is 14.9. The van der Waals surface area contributed by atoms with Gasteiger partial charge < -0.3 is 0 Å². The Bertz CT molecular complexity index is 1010. The molecule has 0 saturated heterocycles. The van der Waals surface area contributed by atoms with Crippen LogP contribution < -0.4 is 0 Å². The Balaban J connectivity index is 1.87. The molecule has 5 rings (SSSR count). The molecule has 0 N–H and O–H groups in total. The molecule has 0 amide bonds. The first-order valence-electron chi connectivity index (χ1n) is 12.4. The summed E-state index contributed by atoms with van der Waals surface area (Å²) in [5, 5.41) is 0. The van der Waals surface area contributed by atoms with Crippen molar-refractivity contribution in [2.75, 3.05) is 0 Å². The van der Waals surface area contributed by atoms with Gasteiger partial charge >= 0.3 is 195 Å². The van der Waals surface area contributed by atoms with Crippen LogP contribution in [0, 0.1) is 10.8 Å². The predicted octanol–water partition coefficient (Wildman–Crippen LogP) is 7.72. The second kappa shape index (κ2) is 6.20. The standard InChI is InChI=1S/C29H39.Li/c1-26(2)11-9-18-15-20-23(21(18)16-26)22-17-27(3,4)12-10-19(22)24-25(20)29(7,8)14-13-28(24,5)6;/h10,12,14H,9,11,13,15-17H2,1-8H3;. The van der Waals surface area contributed by atoms with Gasteiger partial charge in [0.15, 0.2) is 0 Å². The molecule has 0 bridgehead atoms. The molecule has 156 valence electrons. The Morgan fingerprint density at radius 2 is 1.60 bits per heavy atom. The van der Waals surface area contributed by atoms with E-state index in [0.29, 0.717) is 10.0 Å². The maximum atomic E-state index is 2.54. The first-order chi connectivity index (χ1) is 13.7. The van der Waals surface area contributed by atoms with E-state index in [4.69, 9.17) is 0 Å². The molecule has 1 aromatic rings. The van der Waals surface area contributed by atoms with Gasteiger partial charge in [-0.15, -0.1) is 0 Å².